The number of benzene rings is 2. The summed E-state index contributed by atoms with van der Waals surface area (Å²) in [7, 11) is 0. The van der Waals surface area contributed by atoms with Gasteiger partial charge in [0.2, 0.25) is 5.91 Å². The Kier molecular flexibility index (Phi) is 6.44. The Morgan fingerprint density at radius 2 is 1.81 bits per heavy atom. The van der Waals surface area contributed by atoms with Crippen molar-refractivity contribution in [3.8, 4) is 5.75 Å². The number of aliphatic carboxylic acids is 1. The minimum atomic E-state index is -4.40. The van der Waals surface area contributed by atoms with E-state index in [9.17, 15) is 22.8 Å². The molecule has 5 nitrogen and oxygen atoms in total. The van der Waals surface area contributed by atoms with Gasteiger partial charge in [-0.3, -0.25) is 4.79 Å². The Balaban J connectivity index is 1.95. The van der Waals surface area contributed by atoms with Gasteiger partial charge >= 0.3 is 12.1 Å². The summed E-state index contributed by atoms with van der Waals surface area (Å²) in [6, 6.07) is 11.0. The summed E-state index contributed by atoms with van der Waals surface area (Å²) in [4.78, 5) is 22.7. The van der Waals surface area contributed by atoms with Crippen LogP contribution in [0.2, 0.25) is 0 Å². The van der Waals surface area contributed by atoms with Gasteiger partial charge in [-0.2, -0.15) is 13.2 Å². The molecule has 8 heteroatoms. The first-order valence-electron chi connectivity index (χ1n) is 8.07. The first-order chi connectivity index (χ1) is 12.6. The average Bonchev–Trinajstić information content (AvgIpc) is 2.59. The number of carbonyl (C=O) groups is 2. The Labute approximate surface area is 153 Å². The van der Waals surface area contributed by atoms with Gasteiger partial charge in [0.15, 0.2) is 6.61 Å². The maximum absolute atomic E-state index is 12.6. The van der Waals surface area contributed by atoms with E-state index >= 15 is 0 Å². The van der Waals surface area contributed by atoms with Crippen molar-refractivity contribution in [3.63, 3.8) is 0 Å². The summed E-state index contributed by atoms with van der Waals surface area (Å²) < 4.78 is 42.8. The lowest BCUT2D eigenvalue weighted by molar-refractivity contribution is -0.139. The summed E-state index contributed by atoms with van der Waals surface area (Å²) >= 11 is 0. The molecule has 0 radical (unpaired) electrons. The predicted octanol–water partition coefficient (Wildman–Crippen LogP) is 4.30. The Bertz CT molecular complexity index is 803. The smallest absolute Gasteiger partial charge is 0.416 e. The second-order valence-electron chi connectivity index (χ2n) is 5.98. The van der Waals surface area contributed by atoms with E-state index in [1.54, 1.807) is 25.1 Å². The molecule has 0 spiro atoms. The Hall–Kier alpha value is -3.03. The molecule has 0 bridgehead atoms. The van der Waals surface area contributed by atoms with E-state index in [-0.39, 0.29) is 18.2 Å². The van der Waals surface area contributed by atoms with Gasteiger partial charge in [-0.1, -0.05) is 25.1 Å². The number of carboxylic acids is 1. The summed E-state index contributed by atoms with van der Waals surface area (Å²) in [5, 5.41) is 11.3. The molecule has 0 heterocycles. The van der Waals surface area contributed by atoms with Crippen LogP contribution in [0.15, 0.2) is 48.5 Å². The van der Waals surface area contributed by atoms with Crippen molar-refractivity contribution >= 4 is 17.6 Å². The van der Waals surface area contributed by atoms with E-state index in [4.69, 9.17) is 9.84 Å². The van der Waals surface area contributed by atoms with Crippen LogP contribution < -0.4 is 10.1 Å². The molecule has 0 saturated carbocycles. The molecule has 0 saturated heterocycles. The van der Waals surface area contributed by atoms with Crippen LogP contribution in [-0.2, 0) is 15.8 Å². The number of ether oxygens (including phenoxy) is 1. The lowest BCUT2D eigenvalue weighted by Gasteiger charge is -2.14. The van der Waals surface area contributed by atoms with Crippen LogP contribution in [0.4, 0.5) is 18.9 Å². The van der Waals surface area contributed by atoms with Gasteiger partial charge in [-0.25, -0.2) is 4.79 Å². The van der Waals surface area contributed by atoms with Gasteiger partial charge in [0.1, 0.15) is 5.75 Å². The number of carboxylic acid groups (broad SMARTS) is 1. The molecule has 27 heavy (non-hydrogen) atoms. The number of halogens is 3. The molecule has 1 amide bonds. The van der Waals surface area contributed by atoms with Crippen LogP contribution in [0.3, 0.4) is 0 Å². The monoisotopic (exact) mass is 381 g/mol. The maximum atomic E-state index is 12.6. The van der Waals surface area contributed by atoms with Crippen molar-refractivity contribution in [2.45, 2.75) is 25.4 Å². The van der Waals surface area contributed by atoms with Crippen LogP contribution in [0.1, 0.15) is 30.4 Å². The number of rotatable bonds is 7. The van der Waals surface area contributed by atoms with Crippen molar-refractivity contribution in [2.24, 2.45) is 0 Å². The fourth-order valence-corrected chi connectivity index (χ4v) is 2.42. The second kappa shape index (κ2) is 8.57. The van der Waals surface area contributed by atoms with E-state index in [1.807, 2.05) is 0 Å². The molecule has 1 unspecified atom stereocenters. The minimum absolute atomic E-state index is 0.0750. The van der Waals surface area contributed by atoms with Crippen LogP contribution in [0.5, 0.6) is 5.75 Å². The second-order valence-corrected chi connectivity index (χ2v) is 5.98. The minimum Gasteiger partial charge on any atom is -0.482 e. The van der Waals surface area contributed by atoms with Crippen molar-refractivity contribution in [1.82, 2.24) is 0 Å². The molecule has 0 aliphatic heterocycles. The van der Waals surface area contributed by atoms with E-state index in [2.05, 4.69) is 5.32 Å². The summed E-state index contributed by atoms with van der Waals surface area (Å²) in [5.74, 6) is -1.42. The zero-order valence-electron chi connectivity index (χ0n) is 14.4. The molecular formula is C19H18F3NO4. The number of carbonyl (C=O) groups excluding carboxylic acids is 1. The molecule has 2 aromatic carbocycles. The van der Waals surface area contributed by atoms with Crippen molar-refractivity contribution in [1.29, 1.82) is 0 Å². The van der Waals surface area contributed by atoms with Crippen LogP contribution >= 0.6 is 0 Å². The van der Waals surface area contributed by atoms with E-state index in [1.165, 1.54) is 18.2 Å². The highest BCUT2D eigenvalue weighted by Gasteiger charge is 2.30. The first-order valence-corrected chi connectivity index (χ1v) is 8.07. The molecule has 2 rings (SSSR count). The van der Waals surface area contributed by atoms with E-state index in [0.717, 1.165) is 12.1 Å². The molecule has 0 aromatic heterocycles. The maximum Gasteiger partial charge on any atom is 0.416 e. The third-order valence-electron chi connectivity index (χ3n) is 3.78. The number of hydrogen-bond donors (Lipinski definition) is 2. The summed E-state index contributed by atoms with van der Waals surface area (Å²) in [6.07, 6.45) is -4.32. The van der Waals surface area contributed by atoms with Gasteiger partial charge in [0, 0.05) is 18.2 Å². The Morgan fingerprint density at radius 1 is 1.15 bits per heavy atom. The Morgan fingerprint density at radius 3 is 2.41 bits per heavy atom. The SMILES string of the molecule is CC(CC(=O)Nc1cccc(OCC(=O)O)c1)c1ccc(C(F)(F)F)cc1. The average molecular weight is 381 g/mol. The van der Waals surface area contributed by atoms with Gasteiger partial charge < -0.3 is 15.2 Å². The number of amides is 1. The lowest BCUT2D eigenvalue weighted by Crippen LogP contribution is -2.15. The molecule has 0 aliphatic rings. The van der Waals surface area contributed by atoms with Crippen LogP contribution in [-0.4, -0.2) is 23.6 Å². The van der Waals surface area contributed by atoms with E-state index in [0.29, 0.717) is 17.0 Å². The molecular weight excluding hydrogens is 363 g/mol. The number of nitrogens with one attached hydrogen (secondary N) is 1. The highest BCUT2D eigenvalue weighted by molar-refractivity contribution is 5.91. The number of alkyl halides is 3. The van der Waals surface area contributed by atoms with Gasteiger partial charge in [0.25, 0.3) is 0 Å². The number of hydrogen-bond acceptors (Lipinski definition) is 3. The number of anilines is 1. The molecule has 2 aromatic rings. The highest BCUT2D eigenvalue weighted by atomic mass is 19.4. The van der Waals surface area contributed by atoms with Crippen LogP contribution in [0, 0.1) is 0 Å². The third kappa shape index (κ3) is 6.32. The lowest BCUT2D eigenvalue weighted by atomic mass is 9.96. The van der Waals surface area contributed by atoms with Gasteiger partial charge in [-0.15, -0.1) is 0 Å². The van der Waals surface area contributed by atoms with Gasteiger partial charge in [0.05, 0.1) is 5.56 Å². The van der Waals surface area contributed by atoms with Gasteiger partial charge in [-0.05, 0) is 35.7 Å². The first kappa shape index (κ1) is 20.3. The van der Waals surface area contributed by atoms with E-state index < -0.39 is 24.3 Å². The van der Waals surface area contributed by atoms with Crippen molar-refractivity contribution < 1.29 is 32.6 Å². The molecule has 1 atom stereocenters. The van der Waals surface area contributed by atoms with Crippen LogP contribution in [0.25, 0.3) is 0 Å². The topological polar surface area (TPSA) is 75.6 Å². The largest absolute Gasteiger partial charge is 0.482 e. The molecule has 0 fully saturated rings. The molecule has 0 aliphatic carbocycles. The standard InChI is InChI=1S/C19H18F3NO4/c1-12(13-5-7-14(8-6-13)19(20,21)22)9-17(24)23-15-3-2-4-16(10-15)27-11-18(25)26/h2-8,10,12H,9,11H2,1H3,(H,23,24)(H,25,26). The van der Waals surface area contributed by atoms with Crippen molar-refractivity contribution in [3.05, 3.63) is 59.7 Å². The van der Waals surface area contributed by atoms with Crippen molar-refractivity contribution in [2.75, 3.05) is 11.9 Å². The predicted molar refractivity (Wildman–Crippen MR) is 92.7 cm³/mol. The summed E-state index contributed by atoms with van der Waals surface area (Å²) in [6.45, 7) is 1.25. The highest BCUT2D eigenvalue weighted by Crippen LogP contribution is 2.30. The zero-order chi connectivity index (χ0) is 20.0. The summed E-state index contributed by atoms with van der Waals surface area (Å²) in [5.41, 5.74) is 0.320. The fourth-order valence-electron chi connectivity index (χ4n) is 2.42. The fraction of sp³-hybridized carbons (Fsp3) is 0.263. The molecule has 2 N–H and O–H groups in total. The third-order valence-corrected chi connectivity index (χ3v) is 3.78. The quantitative estimate of drug-likeness (QED) is 0.750. The molecule has 144 valence electrons. The normalized spacial score (nSPS) is 12.3. The zero-order valence-corrected chi connectivity index (χ0v) is 14.4.